The molecule has 3 aliphatic heterocycles. The van der Waals surface area contributed by atoms with Crippen LogP contribution in [-0.4, -0.2) is 133 Å². The molecular weight excluding hydrogens is 1150 g/mol. The van der Waals surface area contributed by atoms with Gasteiger partial charge in [-0.3, -0.25) is 24.2 Å². The van der Waals surface area contributed by atoms with Gasteiger partial charge in [0.1, 0.15) is 48.7 Å². The number of esters is 3. The van der Waals surface area contributed by atoms with Crippen molar-refractivity contribution in [1.82, 2.24) is 15.3 Å². The van der Waals surface area contributed by atoms with Crippen molar-refractivity contribution in [2.45, 2.75) is 171 Å². The number of halogens is 1. The Kier molecular flexibility index (Phi) is 22.2. The van der Waals surface area contributed by atoms with Gasteiger partial charge in [-0.15, -0.1) is 11.6 Å². The van der Waals surface area contributed by atoms with Gasteiger partial charge in [0.25, 0.3) is 11.5 Å². The maximum Gasteiger partial charge on any atom is 0.335 e. The molecule has 0 spiro atoms. The van der Waals surface area contributed by atoms with E-state index in [0.29, 0.717) is 5.56 Å². The Balaban J connectivity index is 1.05. The molecule has 2 saturated carbocycles. The SMILES string of the molecule is COC(=O)C1CC(NC(=O)c2cc(=O)[nH]c(=O)[nH]2)[C@@H](O[C@@H]2OC(C)[C@@H](C)[C@H](OCc3ccccc3)C2OCc2ccccc2)[C@H](O[C@@H]2O[C@H]3COC(c4ccccc4)O[C@@H]3C(O[C@@H](CC3CCCCC3)C(=O)OCc3ccccc3)C2OC(=O)CCl)C1. The molecule has 21 nitrogen and oxygen atoms in total. The first-order chi connectivity index (χ1) is 42.3. The lowest BCUT2D eigenvalue weighted by Gasteiger charge is -2.51. The lowest BCUT2D eigenvalue weighted by Crippen LogP contribution is -2.67. The third-order valence-electron chi connectivity index (χ3n) is 16.9. The number of aromatic amines is 2. The summed E-state index contributed by atoms with van der Waals surface area (Å²) in [5.41, 5.74) is 1.02. The number of fused-ring (bicyclic) bond motifs is 1. The van der Waals surface area contributed by atoms with Gasteiger partial charge in [0.05, 0.1) is 57.2 Å². The largest absolute Gasteiger partial charge is 0.469 e. The van der Waals surface area contributed by atoms with Crippen molar-refractivity contribution < 1.29 is 76.0 Å². The zero-order chi connectivity index (χ0) is 60.8. The van der Waals surface area contributed by atoms with Gasteiger partial charge in [0, 0.05) is 17.5 Å². The molecule has 5 fully saturated rings. The van der Waals surface area contributed by atoms with Gasteiger partial charge >= 0.3 is 23.6 Å². The van der Waals surface area contributed by atoms with Crippen LogP contribution in [0.4, 0.5) is 0 Å². The number of alkyl halides is 1. The van der Waals surface area contributed by atoms with Gasteiger partial charge in [0.15, 0.2) is 31.1 Å². The summed E-state index contributed by atoms with van der Waals surface area (Å²) >= 11 is 6.28. The second kappa shape index (κ2) is 30.5. The van der Waals surface area contributed by atoms with E-state index in [1.807, 2.05) is 135 Å². The van der Waals surface area contributed by atoms with Crippen LogP contribution in [0.1, 0.15) is 104 Å². The number of aromatic nitrogens is 2. The fourth-order valence-corrected chi connectivity index (χ4v) is 12.3. The molecule has 16 atom stereocenters. The van der Waals surface area contributed by atoms with E-state index in [0.717, 1.165) is 54.9 Å². The van der Waals surface area contributed by atoms with E-state index >= 15 is 0 Å². The van der Waals surface area contributed by atoms with Crippen LogP contribution in [0.2, 0.25) is 0 Å². The predicted octanol–water partition coefficient (Wildman–Crippen LogP) is 7.52. The van der Waals surface area contributed by atoms with Crippen LogP contribution in [0.5, 0.6) is 0 Å². The van der Waals surface area contributed by atoms with E-state index in [-0.39, 0.29) is 63.2 Å². The van der Waals surface area contributed by atoms with Crippen molar-refractivity contribution in [2.24, 2.45) is 17.8 Å². The zero-order valence-corrected chi connectivity index (χ0v) is 49.6. The van der Waals surface area contributed by atoms with E-state index < -0.39 is 133 Å². The molecular formula is C65H76ClN3O18. The van der Waals surface area contributed by atoms with E-state index in [9.17, 15) is 28.8 Å². The van der Waals surface area contributed by atoms with Gasteiger partial charge in [-0.1, -0.05) is 160 Å². The van der Waals surface area contributed by atoms with Crippen LogP contribution in [-0.2, 0) is 91.0 Å². The molecule has 1 aromatic heterocycles. The van der Waals surface area contributed by atoms with Crippen molar-refractivity contribution >= 4 is 35.4 Å². The summed E-state index contributed by atoms with van der Waals surface area (Å²) in [7, 11) is 1.23. The average molecular weight is 1220 g/mol. The standard InChI is InChI=1S/C65H76ClN3O18/c1-38-39(2)81-63(57(78-35-42-23-13-6-14-24-42)53(38)77-34-41-21-11-5-12-22-41)86-54-46(67-59(72)47-32-51(70)69-65(75)68-47)30-45(60(73)76-3)31-48(54)83-64-58(85-52(71)33-66)56(55-50(84-64)37-80-62(87-55)44-27-17-8-18-28-44)82-49(29-40-19-9-4-10-20-40)61(74)79-36-43-25-15-7-16-26-43/h5-8,11-18,21-28,32,38-40,45-46,48-50,53-58,62-64H,4,9-10,19-20,29-31,33-37H2,1-3H3,(H,67,72)(H2,68,69,70,75)/t38-,39?,45?,46?,48-,49+,50+,53+,54-,55+,56?,57?,58?,62?,63+,64-/m1/s1. The molecule has 22 heteroatoms. The number of H-pyrrole nitrogens is 2. The van der Waals surface area contributed by atoms with Crippen LogP contribution in [0, 0.1) is 17.8 Å². The quantitative estimate of drug-likeness (QED) is 0.0324. The number of hydrogen-bond acceptors (Lipinski definition) is 18. The number of nitrogens with one attached hydrogen (secondary N) is 3. The number of hydrogen-bond donors (Lipinski definition) is 3. The lowest BCUT2D eigenvalue weighted by molar-refractivity contribution is -0.382. The molecule has 5 aliphatic rings. The van der Waals surface area contributed by atoms with E-state index in [2.05, 4.69) is 15.3 Å². The number of amides is 1. The number of carbonyl (C=O) groups is 4. The predicted molar refractivity (Wildman–Crippen MR) is 312 cm³/mol. The molecule has 2 aliphatic carbocycles. The van der Waals surface area contributed by atoms with E-state index in [4.69, 9.17) is 68.4 Å². The molecule has 3 N–H and O–H groups in total. The molecule has 87 heavy (non-hydrogen) atoms. The lowest BCUT2D eigenvalue weighted by atomic mass is 9.81. The van der Waals surface area contributed by atoms with Crippen molar-refractivity contribution in [2.75, 3.05) is 19.6 Å². The summed E-state index contributed by atoms with van der Waals surface area (Å²) in [5.74, 6) is -4.93. The summed E-state index contributed by atoms with van der Waals surface area (Å²) in [6.45, 7) is 4.05. The van der Waals surface area contributed by atoms with Crippen molar-refractivity contribution in [3.63, 3.8) is 0 Å². The highest BCUT2D eigenvalue weighted by molar-refractivity contribution is 6.26. The van der Waals surface area contributed by atoms with Crippen molar-refractivity contribution in [3.8, 4) is 0 Å². The molecule has 4 aromatic carbocycles. The summed E-state index contributed by atoms with van der Waals surface area (Å²) in [6, 6.07) is 37.4. The Bertz CT molecular complexity index is 3110. The van der Waals surface area contributed by atoms with Crippen LogP contribution in [0.3, 0.4) is 0 Å². The zero-order valence-electron chi connectivity index (χ0n) is 48.9. The van der Waals surface area contributed by atoms with Crippen molar-refractivity contribution in [3.05, 3.63) is 176 Å². The summed E-state index contributed by atoms with van der Waals surface area (Å²) in [5, 5.41) is 2.92. The number of benzene rings is 4. The van der Waals surface area contributed by atoms with Gasteiger partial charge < -0.3 is 67.1 Å². The first kappa shape index (κ1) is 63.4. The number of ether oxygens (including phenoxy) is 12. The molecule has 1 amide bonds. The maximum absolute atomic E-state index is 14.7. The van der Waals surface area contributed by atoms with Crippen LogP contribution in [0.25, 0.3) is 0 Å². The molecule has 3 saturated heterocycles. The molecule has 0 radical (unpaired) electrons. The van der Waals surface area contributed by atoms with Crippen molar-refractivity contribution in [1.29, 1.82) is 0 Å². The molecule has 4 heterocycles. The Labute approximate surface area is 509 Å². The van der Waals surface area contributed by atoms with Gasteiger partial charge in [-0.2, -0.15) is 0 Å². The van der Waals surface area contributed by atoms with Gasteiger partial charge in [0.2, 0.25) is 0 Å². The first-order valence-electron chi connectivity index (χ1n) is 29.9. The number of rotatable bonds is 23. The van der Waals surface area contributed by atoms with Gasteiger partial charge in [-0.25, -0.2) is 9.59 Å². The highest BCUT2D eigenvalue weighted by Gasteiger charge is 2.57. The molecule has 0 bridgehead atoms. The van der Waals surface area contributed by atoms with Crippen LogP contribution in [0.15, 0.2) is 137 Å². The van der Waals surface area contributed by atoms with E-state index in [1.54, 1.807) is 0 Å². The van der Waals surface area contributed by atoms with E-state index in [1.165, 1.54) is 7.11 Å². The Morgan fingerprint density at radius 3 is 1.94 bits per heavy atom. The molecule has 7 unspecified atom stereocenters. The topological polar surface area (TPSA) is 257 Å². The second-order valence-electron chi connectivity index (χ2n) is 22.9. The molecule has 5 aromatic rings. The first-order valence-corrected chi connectivity index (χ1v) is 30.4. The average Bonchev–Trinajstić information content (AvgIpc) is 1.77. The fraction of sp³-hybridized carbons (Fsp3) is 0.508. The third kappa shape index (κ3) is 16.6. The van der Waals surface area contributed by atoms with Crippen LogP contribution >= 0.6 is 11.6 Å². The molecule has 466 valence electrons. The minimum atomic E-state index is -1.63. The summed E-state index contributed by atoms with van der Waals surface area (Å²) in [6.07, 6.45) is -10.2. The highest BCUT2D eigenvalue weighted by Crippen LogP contribution is 2.42. The summed E-state index contributed by atoms with van der Waals surface area (Å²) in [4.78, 5) is 86.8. The minimum Gasteiger partial charge on any atom is -0.469 e. The summed E-state index contributed by atoms with van der Waals surface area (Å²) < 4.78 is 79.6. The number of carbonyl (C=O) groups excluding carboxylic acids is 4. The second-order valence-corrected chi connectivity index (χ2v) is 23.1. The Morgan fingerprint density at radius 1 is 0.690 bits per heavy atom. The van der Waals surface area contributed by atoms with Gasteiger partial charge in [-0.05, 0) is 48.8 Å². The Hall–Kier alpha value is -6.63. The highest BCUT2D eigenvalue weighted by atomic mass is 35.5. The molecule has 10 rings (SSSR count). The Morgan fingerprint density at radius 2 is 1.31 bits per heavy atom. The normalized spacial score (nSPS) is 29.6. The van der Waals surface area contributed by atoms with Crippen LogP contribution < -0.4 is 16.6 Å². The minimum absolute atomic E-state index is 0.0414. The maximum atomic E-state index is 14.7. The smallest absolute Gasteiger partial charge is 0.335 e. The fourth-order valence-electron chi connectivity index (χ4n) is 12.2. The number of methoxy groups -OCH3 is 1. The monoisotopic (exact) mass is 1220 g/mol. The third-order valence-corrected chi connectivity index (χ3v) is 17.1.